The first-order valence-corrected chi connectivity index (χ1v) is 5.80. The summed E-state index contributed by atoms with van der Waals surface area (Å²) in [7, 11) is 1.58. The Balaban J connectivity index is 2.33. The third-order valence-corrected chi connectivity index (χ3v) is 2.80. The van der Waals surface area contributed by atoms with Gasteiger partial charge in [-0.25, -0.2) is 4.98 Å². The first-order chi connectivity index (χ1) is 9.67. The Hall–Kier alpha value is -3.18. The number of nitriles is 2. The molecule has 1 amide bonds. The van der Waals surface area contributed by atoms with Crippen LogP contribution in [-0.2, 0) is 0 Å². The van der Waals surface area contributed by atoms with Crippen molar-refractivity contribution in [3.05, 3.63) is 59.4 Å². The first-order valence-electron chi connectivity index (χ1n) is 5.80. The number of carbonyl (C=O) groups is 1. The third-order valence-electron chi connectivity index (χ3n) is 2.80. The van der Waals surface area contributed by atoms with E-state index < -0.39 is 0 Å². The molecule has 0 saturated heterocycles. The summed E-state index contributed by atoms with van der Waals surface area (Å²) in [5.74, 6) is -0.336. The van der Waals surface area contributed by atoms with E-state index in [1.165, 1.54) is 23.2 Å². The maximum atomic E-state index is 12.3. The van der Waals surface area contributed by atoms with Crippen molar-refractivity contribution in [3.8, 4) is 12.1 Å². The number of aromatic nitrogens is 1. The van der Waals surface area contributed by atoms with Crippen LogP contribution >= 0.6 is 0 Å². The van der Waals surface area contributed by atoms with Gasteiger partial charge in [0.2, 0.25) is 0 Å². The number of hydrogen-bond acceptors (Lipinski definition) is 4. The van der Waals surface area contributed by atoms with Crippen LogP contribution in [0.1, 0.15) is 21.6 Å². The molecule has 0 saturated carbocycles. The largest absolute Gasteiger partial charge is 0.309 e. The average Bonchev–Trinajstić information content (AvgIpc) is 2.53. The van der Waals surface area contributed by atoms with Gasteiger partial charge in [-0.15, -0.1) is 0 Å². The van der Waals surface area contributed by atoms with Crippen molar-refractivity contribution in [3.63, 3.8) is 0 Å². The third kappa shape index (κ3) is 2.47. The molecule has 20 heavy (non-hydrogen) atoms. The molecule has 5 heteroatoms. The van der Waals surface area contributed by atoms with Gasteiger partial charge >= 0.3 is 0 Å². The Morgan fingerprint density at radius 2 is 1.90 bits per heavy atom. The monoisotopic (exact) mass is 262 g/mol. The molecule has 0 atom stereocenters. The van der Waals surface area contributed by atoms with Gasteiger partial charge in [0, 0.05) is 13.2 Å². The Kier molecular flexibility index (Phi) is 3.74. The number of amides is 1. The summed E-state index contributed by atoms with van der Waals surface area (Å²) in [5, 5.41) is 17.7. The van der Waals surface area contributed by atoms with Gasteiger partial charge in [0.1, 0.15) is 17.8 Å². The molecule has 2 aromatic rings. The van der Waals surface area contributed by atoms with E-state index >= 15 is 0 Å². The molecule has 0 unspecified atom stereocenters. The molecule has 0 bridgehead atoms. The summed E-state index contributed by atoms with van der Waals surface area (Å²) in [4.78, 5) is 17.6. The Labute approximate surface area is 116 Å². The molecule has 1 aromatic heterocycles. The van der Waals surface area contributed by atoms with Gasteiger partial charge in [0.05, 0.1) is 16.8 Å². The molecule has 0 fully saturated rings. The van der Waals surface area contributed by atoms with Crippen molar-refractivity contribution < 1.29 is 4.79 Å². The van der Waals surface area contributed by atoms with Gasteiger partial charge in [-0.2, -0.15) is 10.5 Å². The number of hydrogen-bond donors (Lipinski definition) is 0. The standard InChI is InChI=1S/C15H10N4O/c1-19(14-5-3-2-4-12(14)9-17)15(20)13-7-6-11(8-16)10-18-13/h2-7,10H,1H3. The fourth-order valence-corrected chi connectivity index (χ4v) is 1.73. The molecule has 0 spiro atoms. The van der Waals surface area contributed by atoms with Crippen LogP contribution < -0.4 is 4.90 Å². The normalized spacial score (nSPS) is 9.35. The van der Waals surface area contributed by atoms with Crippen LogP contribution in [0.5, 0.6) is 0 Å². The van der Waals surface area contributed by atoms with Crippen LogP contribution in [0.2, 0.25) is 0 Å². The molecule has 0 aliphatic heterocycles. The zero-order valence-corrected chi connectivity index (χ0v) is 10.7. The van der Waals surface area contributed by atoms with Crippen LogP contribution in [-0.4, -0.2) is 17.9 Å². The second kappa shape index (κ2) is 5.64. The number of benzene rings is 1. The van der Waals surface area contributed by atoms with E-state index in [9.17, 15) is 4.79 Å². The fraction of sp³-hybridized carbons (Fsp3) is 0.0667. The lowest BCUT2D eigenvalue weighted by Crippen LogP contribution is -2.27. The molecule has 96 valence electrons. The molecule has 0 aliphatic carbocycles. The highest BCUT2D eigenvalue weighted by Gasteiger charge is 2.17. The molecular weight excluding hydrogens is 252 g/mol. The minimum Gasteiger partial charge on any atom is -0.309 e. The van der Waals surface area contributed by atoms with Crippen LogP contribution in [0.3, 0.4) is 0 Å². The Bertz CT molecular complexity index is 723. The molecule has 0 aliphatic rings. The second-order valence-corrected chi connectivity index (χ2v) is 4.04. The van der Waals surface area contributed by atoms with Gasteiger partial charge in [-0.3, -0.25) is 4.79 Å². The number of pyridine rings is 1. The van der Waals surface area contributed by atoms with Crippen LogP contribution in [0, 0.1) is 22.7 Å². The molecule has 2 rings (SSSR count). The zero-order chi connectivity index (χ0) is 14.5. The lowest BCUT2D eigenvalue weighted by Gasteiger charge is -2.17. The molecule has 1 aromatic carbocycles. The lowest BCUT2D eigenvalue weighted by atomic mass is 10.1. The van der Waals surface area contributed by atoms with Crippen LogP contribution in [0.25, 0.3) is 0 Å². The van der Waals surface area contributed by atoms with Gasteiger partial charge in [0.15, 0.2) is 0 Å². The predicted molar refractivity (Wildman–Crippen MR) is 72.8 cm³/mol. The maximum Gasteiger partial charge on any atom is 0.276 e. The van der Waals surface area contributed by atoms with E-state index in [1.54, 1.807) is 31.3 Å². The number of rotatable bonds is 2. The highest BCUT2D eigenvalue weighted by atomic mass is 16.2. The Morgan fingerprint density at radius 3 is 2.50 bits per heavy atom. The van der Waals surface area contributed by atoms with Gasteiger partial charge in [-0.05, 0) is 24.3 Å². The predicted octanol–water partition coefficient (Wildman–Crippen LogP) is 2.10. The fourth-order valence-electron chi connectivity index (χ4n) is 1.73. The first kappa shape index (κ1) is 13.3. The van der Waals surface area contributed by atoms with E-state index in [0.717, 1.165) is 0 Å². The summed E-state index contributed by atoms with van der Waals surface area (Å²) >= 11 is 0. The van der Waals surface area contributed by atoms with Crippen molar-refractivity contribution >= 4 is 11.6 Å². The van der Waals surface area contributed by atoms with E-state index in [-0.39, 0.29) is 11.6 Å². The van der Waals surface area contributed by atoms with Crippen molar-refractivity contribution in [2.45, 2.75) is 0 Å². The quantitative estimate of drug-likeness (QED) is 0.830. The van der Waals surface area contributed by atoms with Crippen molar-refractivity contribution in [1.82, 2.24) is 4.98 Å². The summed E-state index contributed by atoms with van der Waals surface area (Å²) in [6.45, 7) is 0. The number of nitrogens with zero attached hydrogens (tertiary/aromatic N) is 4. The molecule has 0 radical (unpaired) electrons. The van der Waals surface area contributed by atoms with Crippen molar-refractivity contribution in [2.75, 3.05) is 11.9 Å². The highest BCUT2D eigenvalue weighted by molar-refractivity contribution is 6.05. The van der Waals surface area contributed by atoms with Crippen LogP contribution in [0.4, 0.5) is 5.69 Å². The minimum atomic E-state index is -0.336. The topological polar surface area (TPSA) is 80.8 Å². The Morgan fingerprint density at radius 1 is 1.15 bits per heavy atom. The van der Waals surface area contributed by atoms with E-state index in [0.29, 0.717) is 16.8 Å². The van der Waals surface area contributed by atoms with Gasteiger partial charge < -0.3 is 4.90 Å². The summed E-state index contributed by atoms with van der Waals surface area (Å²) in [5.41, 5.74) is 1.55. The minimum absolute atomic E-state index is 0.222. The zero-order valence-electron chi connectivity index (χ0n) is 10.7. The molecule has 5 nitrogen and oxygen atoms in total. The molecular formula is C15H10N4O. The maximum absolute atomic E-state index is 12.3. The van der Waals surface area contributed by atoms with Crippen LogP contribution in [0.15, 0.2) is 42.6 Å². The lowest BCUT2D eigenvalue weighted by molar-refractivity contribution is 0.0988. The second-order valence-electron chi connectivity index (χ2n) is 4.04. The molecule has 0 N–H and O–H groups in total. The highest BCUT2D eigenvalue weighted by Crippen LogP contribution is 2.19. The van der Waals surface area contributed by atoms with Gasteiger partial charge in [0.25, 0.3) is 5.91 Å². The number of para-hydroxylation sites is 1. The summed E-state index contributed by atoms with van der Waals surface area (Å²) in [6.07, 6.45) is 1.34. The number of carbonyl (C=O) groups excluding carboxylic acids is 1. The van der Waals surface area contributed by atoms with Crippen molar-refractivity contribution in [1.29, 1.82) is 10.5 Å². The SMILES string of the molecule is CN(C(=O)c1ccc(C#N)cn1)c1ccccc1C#N. The summed E-state index contributed by atoms with van der Waals surface area (Å²) < 4.78 is 0. The smallest absolute Gasteiger partial charge is 0.276 e. The van der Waals surface area contributed by atoms with Crippen molar-refractivity contribution in [2.24, 2.45) is 0 Å². The molecule has 1 heterocycles. The van der Waals surface area contributed by atoms with E-state index in [2.05, 4.69) is 4.98 Å². The summed E-state index contributed by atoms with van der Waals surface area (Å²) in [6, 6.07) is 13.8. The van der Waals surface area contributed by atoms with Gasteiger partial charge in [-0.1, -0.05) is 12.1 Å². The average molecular weight is 262 g/mol. The van der Waals surface area contributed by atoms with E-state index in [1.807, 2.05) is 12.1 Å². The van der Waals surface area contributed by atoms with E-state index in [4.69, 9.17) is 10.5 Å². The number of anilines is 1.